The minimum Gasteiger partial charge on any atom is -0.352 e. The van der Waals surface area contributed by atoms with Gasteiger partial charge in [-0.05, 0) is 13.3 Å². The molecule has 0 radical (unpaired) electrons. The van der Waals surface area contributed by atoms with E-state index in [0.29, 0.717) is 25.3 Å². The van der Waals surface area contributed by atoms with Crippen LogP contribution in [0.1, 0.15) is 19.8 Å². The molecule has 1 aromatic heterocycles. The van der Waals surface area contributed by atoms with Crippen LogP contribution < -0.4 is 4.90 Å². The summed E-state index contributed by atoms with van der Waals surface area (Å²) < 4.78 is 0. The van der Waals surface area contributed by atoms with Gasteiger partial charge in [-0.1, -0.05) is 0 Å². The highest BCUT2D eigenvalue weighted by molar-refractivity contribution is 8.01. The van der Waals surface area contributed by atoms with Crippen LogP contribution in [0, 0.1) is 0 Å². The fourth-order valence-corrected chi connectivity index (χ4v) is 5.25. The molecule has 0 aromatic carbocycles. The molecule has 4 heterocycles. The lowest BCUT2D eigenvalue weighted by molar-refractivity contribution is -0.143. The molecule has 0 saturated carbocycles. The Hall–Kier alpha value is -1.83. The third kappa shape index (κ3) is 2.53. The van der Waals surface area contributed by atoms with E-state index in [0.717, 1.165) is 25.3 Å². The Bertz CT molecular complexity index is 649. The highest BCUT2D eigenvalue weighted by Gasteiger charge is 2.53. The first kappa shape index (κ1) is 15.7. The Morgan fingerprint density at radius 1 is 1.29 bits per heavy atom. The summed E-state index contributed by atoms with van der Waals surface area (Å²) in [6, 6.07) is -0.293. The number of carbonyl (C=O) groups is 2. The van der Waals surface area contributed by atoms with Gasteiger partial charge in [-0.25, -0.2) is 4.98 Å². The molecule has 128 valence electrons. The molecule has 24 heavy (non-hydrogen) atoms. The zero-order valence-electron chi connectivity index (χ0n) is 13.7. The second-order valence-electron chi connectivity index (χ2n) is 6.64. The van der Waals surface area contributed by atoms with Gasteiger partial charge in [-0.3, -0.25) is 14.6 Å². The first-order valence-corrected chi connectivity index (χ1v) is 9.33. The highest BCUT2D eigenvalue weighted by atomic mass is 32.2. The number of nitrogens with zero attached hydrogens (tertiary/aromatic N) is 5. The average Bonchev–Trinajstić information content (AvgIpc) is 3.11. The monoisotopic (exact) mass is 347 g/mol. The lowest BCUT2D eigenvalue weighted by Crippen LogP contribution is -2.56. The van der Waals surface area contributed by atoms with Gasteiger partial charge in [0.05, 0.1) is 11.1 Å². The van der Waals surface area contributed by atoms with Crippen molar-refractivity contribution >= 4 is 29.4 Å². The Labute approximate surface area is 145 Å². The summed E-state index contributed by atoms with van der Waals surface area (Å²) >= 11 is 1.75. The molecule has 0 aliphatic carbocycles. The first-order valence-electron chi connectivity index (χ1n) is 8.34. The van der Waals surface area contributed by atoms with Crippen molar-refractivity contribution in [1.29, 1.82) is 0 Å². The van der Waals surface area contributed by atoms with Gasteiger partial charge in [-0.15, -0.1) is 11.8 Å². The van der Waals surface area contributed by atoms with Gasteiger partial charge in [-0.2, -0.15) is 0 Å². The number of rotatable bonds is 2. The topological polar surface area (TPSA) is 69.6 Å². The lowest BCUT2D eigenvalue weighted by atomic mass is 10.2. The summed E-state index contributed by atoms with van der Waals surface area (Å²) in [5.41, 5.74) is 0. The van der Waals surface area contributed by atoms with Crippen LogP contribution in [0.4, 0.5) is 5.82 Å². The number of hydrogen-bond acceptors (Lipinski definition) is 6. The van der Waals surface area contributed by atoms with E-state index in [4.69, 9.17) is 0 Å². The van der Waals surface area contributed by atoms with Gasteiger partial charge in [0.1, 0.15) is 11.9 Å². The summed E-state index contributed by atoms with van der Waals surface area (Å²) in [5, 5.41) is 0. The molecule has 0 bridgehead atoms. The standard InChI is InChI=1S/C16H21N5O2S/c1-16-3-2-14(22)21(16)12(11-24-16)15(23)20-8-6-19(7-9-20)13-10-17-4-5-18-13/h4-5,10,12H,2-3,6-9,11H2,1H3/t12-,16+/m0/s1. The van der Waals surface area contributed by atoms with Crippen molar-refractivity contribution < 1.29 is 9.59 Å². The fourth-order valence-electron chi connectivity index (χ4n) is 3.82. The van der Waals surface area contributed by atoms with Crippen molar-refractivity contribution in [3.8, 4) is 0 Å². The van der Waals surface area contributed by atoms with E-state index in [1.807, 2.05) is 9.80 Å². The molecule has 8 heteroatoms. The molecule has 4 rings (SSSR count). The van der Waals surface area contributed by atoms with E-state index >= 15 is 0 Å². The summed E-state index contributed by atoms with van der Waals surface area (Å²) in [5.74, 6) is 1.79. The minimum absolute atomic E-state index is 0.0975. The van der Waals surface area contributed by atoms with Crippen LogP contribution in [0.15, 0.2) is 18.6 Å². The minimum atomic E-state index is -0.293. The van der Waals surface area contributed by atoms with Crippen LogP contribution in [-0.4, -0.2) is 74.4 Å². The molecule has 2 atom stereocenters. The summed E-state index contributed by atoms with van der Waals surface area (Å²) in [4.78, 5) is 39.3. The van der Waals surface area contributed by atoms with E-state index in [9.17, 15) is 9.59 Å². The van der Waals surface area contributed by atoms with Crippen LogP contribution in [0.5, 0.6) is 0 Å². The number of thioether (sulfide) groups is 1. The average molecular weight is 347 g/mol. The third-order valence-electron chi connectivity index (χ3n) is 5.19. The first-order chi connectivity index (χ1) is 11.6. The Balaban J connectivity index is 1.41. The van der Waals surface area contributed by atoms with Crippen LogP contribution in [-0.2, 0) is 9.59 Å². The van der Waals surface area contributed by atoms with Gasteiger partial charge >= 0.3 is 0 Å². The predicted octanol–water partition coefficient (Wildman–Crippen LogP) is 0.579. The zero-order chi connectivity index (χ0) is 16.7. The van der Waals surface area contributed by atoms with Gasteiger partial charge < -0.3 is 14.7 Å². The highest BCUT2D eigenvalue weighted by Crippen LogP contribution is 2.47. The second-order valence-corrected chi connectivity index (χ2v) is 8.14. The van der Waals surface area contributed by atoms with Crippen molar-refractivity contribution in [2.75, 3.05) is 36.8 Å². The number of aromatic nitrogens is 2. The molecule has 7 nitrogen and oxygen atoms in total. The number of hydrogen-bond donors (Lipinski definition) is 0. The van der Waals surface area contributed by atoms with E-state index in [1.165, 1.54) is 0 Å². The van der Waals surface area contributed by atoms with Crippen LogP contribution in [0.25, 0.3) is 0 Å². The molecule has 3 aliphatic rings. The molecule has 0 N–H and O–H groups in total. The summed E-state index contributed by atoms with van der Waals surface area (Å²) in [7, 11) is 0. The molecule has 3 fully saturated rings. The number of anilines is 1. The summed E-state index contributed by atoms with van der Waals surface area (Å²) in [6.45, 7) is 4.90. The predicted molar refractivity (Wildman–Crippen MR) is 91.6 cm³/mol. The molecular weight excluding hydrogens is 326 g/mol. The third-order valence-corrected chi connectivity index (χ3v) is 6.70. The maximum absolute atomic E-state index is 12.9. The Morgan fingerprint density at radius 3 is 2.79 bits per heavy atom. The molecule has 0 spiro atoms. The van der Waals surface area contributed by atoms with Crippen molar-refractivity contribution in [3.05, 3.63) is 18.6 Å². The van der Waals surface area contributed by atoms with Gasteiger partial charge in [0, 0.05) is 50.7 Å². The SMILES string of the molecule is C[C@@]12CCC(=O)N1[C@H](C(=O)N1CCN(c3cnccn3)CC1)CS2. The number of amides is 2. The van der Waals surface area contributed by atoms with E-state index in [-0.39, 0.29) is 22.7 Å². The Morgan fingerprint density at radius 2 is 2.08 bits per heavy atom. The molecule has 1 aromatic rings. The smallest absolute Gasteiger partial charge is 0.246 e. The zero-order valence-corrected chi connectivity index (χ0v) is 14.5. The van der Waals surface area contributed by atoms with E-state index in [2.05, 4.69) is 21.8 Å². The maximum Gasteiger partial charge on any atom is 0.246 e. The molecular formula is C16H21N5O2S. The van der Waals surface area contributed by atoms with Crippen LogP contribution in [0.2, 0.25) is 0 Å². The van der Waals surface area contributed by atoms with Crippen molar-refractivity contribution in [3.63, 3.8) is 0 Å². The maximum atomic E-state index is 12.9. The number of carbonyl (C=O) groups excluding carboxylic acids is 2. The fraction of sp³-hybridized carbons (Fsp3) is 0.625. The van der Waals surface area contributed by atoms with Crippen LogP contribution in [0.3, 0.4) is 0 Å². The van der Waals surface area contributed by atoms with Crippen molar-refractivity contribution in [2.45, 2.75) is 30.7 Å². The van der Waals surface area contributed by atoms with Crippen LogP contribution >= 0.6 is 11.8 Å². The van der Waals surface area contributed by atoms with Crippen molar-refractivity contribution in [1.82, 2.24) is 19.8 Å². The molecule has 2 amide bonds. The molecule has 3 aliphatic heterocycles. The molecule has 3 saturated heterocycles. The van der Waals surface area contributed by atoms with Gasteiger partial charge in [0.15, 0.2) is 0 Å². The number of piperazine rings is 1. The largest absolute Gasteiger partial charge is 0.352 e. The number of fused-ring (bicyclic) bond motifs is 1. The molecule has 0 unspecified atom stereocenters. The van der Waals surface area contributed by atoms with Crippen molar-refractivity contribution in [2.24, 2.45) is 0 Å². The normalized spacial score (nSPS) is 30.0. The van der Waals surface area contributed by atoms with E-state index < -0.39 is 0 Å². The van der Waals surface area contributed by atoms with E-state index in [1.54, 1.807) is 30.4 Å². The second kappa shape index (κ2) is 5.91. The summed E-state index contributed by atoms with van der Waals surface area (Å²) in [6.07, 6.45) is 6.50. The van der Waals surface area contributed by atoms with Gasteiger partial charge in [0.25, 0.3) is 0 Å². The Kier molecular flexibility index (Phi) is 3.86. The quantitative estimate of drug-likeness (QED) is 0.779. The van der Waals surface area contributed by atoms with Gasteiger partial charge in [0.2, 0.25) is 11.8 Å². The lowest BCUT2D eigenvalue weighted by Gasteiger charge is -2.38.